The molecule has 1 aliphatic carbocycles. The molecule has 0 aromatic heterocycles. The summed E-state index contributed by atoms with van der Waals surface area (Å²) in [5.41, 5.74) is 2.06. The van der Waals surface area contributed by atoms with Crippen molar-refractivity contribution in [3.8, 4) is 0 Å². The van der Waals surface area contributed by atoms with Crippen LogP contribution in [-0.2, 0) is 4.79 Å². The Balaban J connectivity index is 1.74. The molecule has 3 atom stereocenters. The van der Waals surface area contributed by atoms with E-state index in [1.807, 2.05) is 24.3 Å². The van der Waals surface area contributed by atoms with Crippen LogP contribution in [0.2, 0.25) is 0 Å². The van der Waals surface area contributed by atoms with E-state index in [0.29, 0.717) is 6.04 Å². The average Bonchev–Trinajstić information content (AvgIpc) is 2.66. The molecule has 3 nitrogen and oxygen atoms in total. The molecule has 1 aromatic carbocycles. The zero-order chi connectivity index (χ0) is 12.5. The Kier molecular flexibility index (Phi) is 3.08. The van der Waals surface area contributed by atoms with Crippen molar-refractivity contribution in [3.63, 3.8) is 0 Å². The molecular weight excluding hydrogens is 224 g/mol. The summed E-state index contributed by atoms with van der Waals surface area (Å²) in [6.07, 6.45) is 4.97. The van der Waals surface area contributed by atoms with Crippen LogP contribution in [0.4, 0.5) is 5.69 Å². The van der Waals surface area contributed by atoms with Crippen LogP contribution in [0, 0.1) is 5.92 Å². The Morgan fingerprint density at radius 3 is 2.94 bits per heavy atom. The summed E-state index contributed by atoms with van der Waals surface area (Å²) in [5.74, 6) is 0.866. The van der Waals surface area contributed by atoms with E-state index in [2.05, 4.69) is 17.6 Å². The van der Waals surface area contributed by atoms with E-state index in [0.717, 1.165) is 17.2 Å². The summed E-state index contributed by atoms with van der Waals surface area (Å²) >= 11 is 0. The minimum Gasteiger partial charge on any atom is -0.324 e. The minimum absolute atomic E-state index is 0.0921. The molecule has 3 heteroatoms. The quantitative estimate of drug-likeness (QED) is 0.840. The van der Waals surface area contributed by atoms with Gasteiger partial charge in [0.1, 0.15) is 6.04 Å². The van der Waals surface area contributed by atoms with Gasteiger partial charge >= 0.3 is 0 Å². The first-order valence-electron chi connectivity index (χ1n) is 6.90. The number of carbonyl (C=O) groups is 1. The predicted molar refractivity (Wildman–Crippen MR) is 72.4 cm³/mol. The van der Waals surface area contributed by atoms with Gasteiger partial charge in [0.15, 0.2) is 0 Å². The topological polar surface area (TPSA) is 41.1 Å². The highest BCUT2D eigenvalue weighted by atomic mass is 16.2. The van der Waals surface area contributed by atoms with Gasteiger partial charge in [-0.3, -0.25) is 10.1 Å². The van der Waals surface area contributed by atoms with E-state index in [1.54, 1.807) is 0 Å². The van der Waals surface area contributed by atoms with Crippen LogP contribution in [0.3, 0.4) is 0 Å². The highest BCUT2D eigenvalue weighted by Gasteiger charge is 2.32. The van der Waals surface area contributed by atoms with E-state index in [9.17, 15) is 4.79 Å². The lowest BCUT2D eigenvalue weighted by Gasteiger charge is -2.29. The third-order valence-corrected chi connectivity index (χ3v) is 4.13. The van der Waals surface area contributed by atoms with Gasteiger partial charge in [0, 0.05) is 17.3 Å². The number of fused-ring (bicyclic) bond motifs is 1. The molecule has 1 saturated carbocycles. The Labute approximate surface area is 108 Å². The van der Waals surface area contributed by atoms with Crippen molar-refractivity contribution in [2.75, 3.05) is 5.32 Å². The second-order valence-electron chi connectivity index (χ2n) is 5.64. The molecule has 1 aromatic rings. The molecule has 18 heavy (non-hydrogen) atoms. The highest BCUT2D eigenvalue weighted by molar-refractivity contribution is 6.02. The Bertz CT molecular complexity index is 458. The molecule has 1 heterocycles. The normalized spacial score (nSPS) is 30.9. The lowest BCUT2D eigenvalue weighted by molar-refractivity contribution is -0.118. The number of hydrogen-bond acceptors (Lipinski definition) is 2. The zero-order valence-electron chi connectivity index (χ0n) is 10.8. The lowest BCUT2D eigenvalue weighted by atomic mass is 9.86. The summed E-state index contributed by atoms with van der Waals surface area (Å²) in [7, 11) is 0. The third kappa shape index (κ3) is 2.15. The Morgan fingerprint density at radius 2 is 2.11 bits per heavy atom. The number of hydrogen-bond donors (Lipinski definition) is 2. The minimum atomic E-state index is -0.156. The fraction of sp³-hybridized carbons (Fsp3) is 0.533. The van der Waals surface area contributed by atoms with Gasteiger partial charge in [-0.05, 0) is 24.8 Å². The second kappa shape index (κ2) is 4.73. The summed E-state index contributed by atoms with van der Waals surface area (Å²) in [6.45, 7) is 2.30. The maximum absolute atomic E-state index is 12.0. The highest BCUT2D eigenvalue weighted by Crippen LogP contribution is 2.32. The van der Waals surface area contributed by atoms with Crippen LogP contribution >= 0.6 is 0 Å². The largest absolute Gasteiger partial charge is 0.324 e. The molecule has 96 valence electrons. The lowest BCUT2D eigenvalue weighted by Crippen LogP contribution is -2.39. The average molecular weight is 244 g/mol. The molecule has 2 N–H and O–H groups in total. The molecule has 0 bridgehead atoms. The molecule has 0 saturated heterocycles. The van der Waals surface area contributed by atoms with Crippen LogP contribution in [0.15, 0.2) is 24.3 Å². The van der Waals surface area contributed by atoms with E-state index in [4.69, 9.17) is 0 Å². The maximum Gasteiger partial charge on any atom is 0.246 e. The third-order valence-electron chi connectivity index (χ3n) is 4.13. The summed E-state index contributed by atoms with van der Waals surface area (Å²) in [4.78, 5) is 12.0. The summed E-state index contributed by atoms with van der Waals surface area (Å²) in [5, 5.41) is 6.49. The van der Waals surface area contributed by atoms with Crippen molar-refractivity contribution in [3.05, 3.63) is 29.8 Å². The van der Waals surface area contributed by atoms with E-state index >= 15 is 0 Å². The van der Waals surface area contributed by atoms with Gasteiger partial charge in [-0.25, -0.2) is 0 Å². The van der Waals surface area contributed by atoms with Crippen LogP contribution in [0.1, 0.15) is 44.2 Å². The number of rotatable bonds is 2. The van der Waals surface area contributed by atoms with Gasteiger partial charge in [0.25, 0.3) is 0 Å². The maximum atomic E-state index is 12.0. The van der Waals surface area contributed by atoms with Crippen molar-refractivity contribution in [1.82, 2.24) is 5.32 Å². The van der Waals surface area contributed by atoms with Crippen LogP contribution in [0.5, 0.6) is 0 Å². The smallest absolute Gasteiger partial charge is 0.246 e. The number of para-hydroxylation sites is 1. The Hall–Kier alpha value is -1.35. The number of anilines is 1. The standard InChI is InChI=1S/C15H20N2O/c1-10-5-4-6-11(9-10)16-14-12-7-2-3-8-13(12)17-15(14)18/h2-3,7-8,10-11,14,16H,4-6,9H2,1H3,(H,17,18). The molecule has 0 spiro atoms. The van der Waals surface area contributed by atoms with Gasteiger partial charge in [-0.15, -0.1) is 0 Å². The molecule has 3 rings (SSSR count). The van der Waals surface area contributed by atoms with Gasteiger partial charge in [0.2, 0.25) is 5.91 Å². The number of carbonyl (C=O) groups excluding carboxylic acids is 1. The monoisotopic (exact) mass is 244 g/mol. The molecular formula is C15H20N2O. The fourth-order valence-corrected chi connectivity index (χ4v) is 3.20. The van der Waals surface area contributed by atoms with Crippen molar-refractivity contribution >= 4 is 11.6 Å². The van der Waals surface area contributed by atoms with Crippen LogP contribution in [-0.4, -0.2) is 11.9 Å². The molecule has 1 aliphatic heterocycles. The summed E-state index contributed by atoms with van der Waals surface area (Å²) < 4.78 is 0. The van der Waals surface area contributed by atoms with Crippen molar-refractivity contribution in [1.29, 1.82) is 0 Å². The molecule has 0 radical (unpaired) electrons. The first kappa shape index (κ1) is 11.7. The molecule has 2 aliphatic rings. The number of nitrogens with one attached hydrogen (secondary N) is 2. The SMILES string of the molecule is CC1CCCC(NC2C(=O)Nc3ccccc32)C1. The first-order chi connectivity index (χ1) is 8.74. The predicted octanol–water partition coefficient (Wildman–Crippen LogP) is 2.85. The van der Waals surface area contributed by atoms with Gasteiger partial charge in [-0.1, -0.05) is 38.0 Å². The van der Waals surface area contributed by atoms with Crippen LogP contribution in [0.25, 0.3) is 0 Å². The van der Waals surface area contributed by atoms with Crippen molar-refractivity contribution < 1.29 is 4.79 Å². The van der Waals surface area contributed by atoms with E-state index in [-0.39, 0.29) is 11.9 Å². The second-order valence-corrected chi connectivity index (χ2v) is 5.64. The Morgan fingerprint density at radius 1 is 1.28 bits per heavy atom. The molecule has 1 fully saturated rings. The van der Waals surface area contributed by atoms with E-state index in [1.165, 1.54) is 25.7 Å². The zero-order valence-corrected chi connectivity index (χ0v) is 10.8. The summed E-state index contributed by atoms with van der Waals surface area (Å²) in [6, 6.07) is 8.30. The first-order valence-corrected chi connectivity index (χ1v) is 6.90. The number of benzene rings is 1. The van der Waals surface area contributed by atoms with Gasteiger partial charge in [0.05, 0.1) is 0 Å². The number of amides is 1. The fourth-order valence-electron chi connectivity index (χ4n) is 3.20. The van der Waals surface area contributed by atoms with E-state index < -0.39 is 0 Å². The van der Waals surface area contributed by atoms with Gasteiger partial charge in [-0.2, -0.15) is 0 Å². The van der Waals surface area contributed by atoms with Crippen LogP contribution < -0.4 is 10.6 Å². The van der Waals surface area contributed by atoms with Gasteiger partial charge < -0.3 is 5.32 Å². The molecule has 3 unspecified atom stereocenters. The molecule has 1 amide bonds. The van der Waals surface area contributed by atoms with Crippen molar-refractivity contribution in [2.45, 2.75) is 44.7 Å². The van der Waals surface area contributed by atoms with Crippen molar-refractivity contribution in [2.24, 2.45) is 5.92 Å².